The predicted molar refractivity (Wildman–Crippen MR) is 68.1 cm³/mol. The quantitative estimate of drug-likeness (QED) is 0.841. The molecule has 1 aliphatic rings. The van der Waals surface area contributed by atoms with E-state index in [2.05, 4.69) is 17.2 Å². The molecule has 0 aliphatic heterocycles. The van der Waals surface area contributed by atoms with Gasteiger partial charge in [-0.05, 0) is 30.4 Å². The highest BCUT2D eigenvalue weighted by molar-refractivity contribution is 6.32. The van der Waals surface area contributed by atoms with Crippen molar-refractivity contribution in [3.8, 4) is 0 Å². The summed E-state index contributed by atoms with van der Waals surface area (Å²) in [5.41, 5.74) is 0.458. The van der Waals surface area contributed by atoms with Crippen molar-refractivity contribution in [1.29, 1.82) is 0 Å². The lowest BCUT2D eigenvalue weighted by Gasteiger charge is -2.15. The Bertz CT molecular complexity index is 408. The molecule has 0 radical (unpaired) electrons. The summed E-state index contributed by atoms with van der Waals surface area (Å²) in [7, 11) is 0. The molecule has 4 heteroatoms. The Morgan fingerprint density at radius 1 is 1.59 bits per heavy atom. The third kappa shape index (κ3) is 2.97. The van der Waals surface area contributed by atoms with Crippen molar-refractivity contribution >= 4 is 17.5 Å². The number of pyridine rings is 1. The molecular weight excluding hydrogens is 236 g/mol. The number of nitrogens with one attached hydrogen (secondary N) is 1. The van der Waals surface area contributed by atoms with E-state index in [1.165, 1.54) is 19.3 Å². The lowest BCUT2D eigenvalue weighted by Crippen LogP contribution is -2.30. The van der Waals surface area contributed by atoms with Crippen LogP contribution in [0.5, 0.6) is 0 Å². The van der Waals surface area contributed by atoms with Gasteiger partial charge in [0.25, 0.3) is 5.91 Å². The Balaban J connectivity index is 1.91. The van der Waals surface area contributed by atoms with Crippen molar-refractivity contribution in [2.45, 2.75) is 26.2 Å². The van der Waals surface area contributed by atoms with E-state index in [9.17, 15) is 4.79 Å². The summed E-state index contributed by atoms with van der Waals surface area (Å²) in [6.07, 6.45) is 5.34. The first kappa shape index (κ1) is 12.4. The van der Waals surface area contributed by atoms with Crippen LogP contribution in [0.25, 0.3) is 0 Å². The van der Waals surface area contributed by atoms with Crippen molar-refractivity contribution in [1.82, 2.24) is 10.3 Å². The Kier molecular flexibility index (Phi) is 4.00. The fraction of sp³-hybridized carbons (Fsp3) is 0.538. The highest BCUT2D eigenvalue weighted by Crippen LogP contribution is 2.30. The van der Waals surface area contributed by atoms with Gasteiger partial charge in [-0.2, -0.15) is 0 Å². The minimum Gasteiger partial charge on any atom is -0.352 e. The number of aromatic nitrogens is 1. The molecule has 2 unspecified atom stereocenters. The lowest BCUT2D eigenvalue weighted by atomic mass is 9.98. The zero-order valence-corrected chi connectivity index (χ0v) is 10.7. The fourth-order valence-corrected chi connectivity index (χ4v) is 2.61. The minimum atomic E-state index is -0.123. The van der Waals surface area contributed by atoms with Crippen LogP contribution in [0.1, 0.15) is 36.5 Å². The second-order valence-electron chi connectivity index (χ2n) is 4.72. The number of carbonyl (C=O) groups excluding carboxylic acids is 1. The molecule has 1 saturated carbocycles. The molecule has 1 heterocycles. The van der Waals surface area contributed by atoms with Gasteiger partial charge < -0.3 is 5.32 Å². The van der Waals surface area contributed by atoms with Crippen LogP contribution in [-0.2, 0) is 0 Å². The molecule has 0 bridgehead atoms. The van der Waals surface area contributed by atoms with Crippen LogP contribution in [0, 0.1) is 11.8 Å². The van der Waals surface area contributed by atoms with Crippen LogP contribution in [0.2, 0.25) is 5.15 Å². The van der Waals surface area contributed by atoms with Gasteiger partial charge >= 0.3 is 0 Å². The Hall–Kier alpha value is -1.09. The van der Waals surface area contributed by atoms with E-state index in [1.807, 2.05) is 0 Å². The SMILES string of the molecule is CC1CCCC1CNC(=O)c1cccnc1Cl. The van der Waals surface area contributed by atoms with Crippen molar-refractivity contribution in [3.05, 3.63) is 29.0 Å². The van der Waals surface area contributed by atoms with Gasteiger partial charge in [-0.1, -0.05) is 31.4 Å². The third-order valence-electron chi connectivity index (χ3n) is 3.57. The van der Waals surface area contributed by atoms with Gasteiger partial charge in [-0.15, -0.1) is 0 Å². The molecule has 0 spiro atoms. The van der Waals surface area contributed by atoms with Crippen molar-refractivity contribution in [2.75, 3.05) is 6.54 Å². The topological polar surface area (TPSA) is 42.0 Å². The maximum atomic E-state index is 11.9. The van der Waals surface area contributed by atoms with Crippen LogP contribution >= 0.6 is 11.6 Å². The second-order valence-corrected chi connectivity index (χ2v) is 5.08. The van der Waals surface area contributed by atoms with E-state index < -0.39 is 0 Å². The molecule has 1 aromatic rings. The van der Waals surface area contributed by atoms with E-state index in [-0.39, 0.29) is 11.1 Å². The summed E-state index contributed by atoms with van der Waals surface area (Å²) >= 11 is 5.87. The van der Waals surface area contributed by atoms with Crippen LogP contribution in [0.3, 0.4) is 0 Å². The normalized spacial score (nSPS) is 23.6. The molecule has 2 rings (SSSR count). The Morgan fingerprint density at radius 3 is 3.06 bits per heavy atom. The minimum absolute atomic E-state index is 0.123. The first-order valence-electron chi connectivity index (χ1n) is 6.07. The molecule has 17 heavy (non-hydrogen) atoms. The molecule has 92 valence electrons. The molecule has 1 fully saturated rings. The van der Waals surface area contributed by atoms with Crippen molar-refractivity contribution < 1.29 is 4.79 Å². The molecule has 2 atom stereocenters. The summed E-state index contributed by atoms with van der Waals surface area (Å²) in [6, 6.07) is 3.42. The highest BCUT2D eigenvalue weighted by Gasteiger charge is 2.23. The van der Waals surface area contributed by atoms with Crippen molar-refractivity contribution in [2.24, 2.45) is 11.8 Å². The maximum Gasteiger partial charge on any atom is 0.254 e. The van der Waals surface area contributed by atoms with E-state index in [0.29, 0.717) is 17.4 Å². The molecular formula is C13H17ClN2O. The van der Waals surface area contributed by atoms with Gasteiger partial charge in [0.05, 0.1) is 5.56 Å². The standard InChI is InChI=1S/C13H17ClN2O/c1-9-4-2-5-10(9)8-16-13(17)11-6-3-7-15-12(11)14/h3,6-7,9-10H,2,4-5,8H2,1H3,(H,16,17). The van der Waals surface area contributed by atoms with Gasteiger partial charge in [-0.3, -0.25) is 4.79 Å². The Labute approximate surface area is 107 Å². The highest BCUT2D eigenvalue weighted by atomic mass is 35.5. The summed E-state index contributed by atoms with van der Waals surface area (Å²) < 4.78 is 0. The number of carbonyl (C=O) groups is 1. The van der Waals surface area contributed by atoms with Crippen LogP contribution in [0.15, 0.2) is 18.3 Å². The number of halogens is 1. The molecule has 0 aromatic carbocycles. The third-order valence-corrected chi connectivity index (χ3v) is 3.87. The average molecular weight is 253 g/mol. The number of nitrogens with zero attached hydrogens (tertiary/aromatic N) is 1. The summed E-state index contributed by atoms with van der Waals surface area (Å²) in [4.78, 5) is 15.8. The van der Waals surface area contributed by atoms with Crippen LogP contribution in [0.4, 0.5) is 0 Å². The van der Waals surface area contributed by atoms with E-state index in [1.54, 1.807) is 18.3 Å². The monoisotopic (exact) mass is 252 g/mol. The van der Waals surface area contributed by atoms with Gasteiger partial charge in [-0.25, -0.2) is 4.98 Å². The predicted octanol–water partition coefficient (Wildman–Crippen LogP) is 2.90. The average Bonchev–Trinajstić information content (AvgIpc) is 2.72. The van der Waals surface area contributed by atoms with Crippen molar-refractivity contribution in [3.63, 3.8) is 0 Å². The number of rotatable bonds is 3. The van der Waals surface area contributed by atoms with E-state index in [4.69, 9.17) is 11.6 Å². The second kappa shape index (κ2) is 5.50. The molecule has 1 amide bonds. The van der Waals surface area contributed by atoms with E-state index in [0.717, 1.165) is 6.54 Å². The lowest BCUT2D eigenvalue weighted by molar-refractivity contribution is 0.0944. The maximum absolute atomic E-state index is 11.9. The summed E-state index contributed by atoms with van der Waals surface area (Å²) in [5, 5.41) is 3.22. The molecule has 0 saturated heterocycles. The van der Waals surface area contributed by atoms with E-state index >= 15 is 0 Å². The zero-order chi connectivity index (χ0) is 12.3. The smallest absolute Gasteiger partial charge is 0.254 e. The summed E-state index contributed by atoms with van der Waals surface area (Å²) in [6.45, 7) is 2.99. The molecule has 3 nitrogen and oxygen atoms in total. The van der Waals surface area contributed by atoms with Gasteiger partial charge in [0.15, 0.2) is 0 Å². The summed E-state index contributed by atoms with van der Waals surface area (Å²) in [5.74, 6) is 1.19. The molecule has 1 N–H and O–H groups in total. The van der Waals surface area contributed by atoms with Gasteiger partial charge in [0, 0.05) is 12.7 Å². The van der Waals surface area contributed by atoms with Gasteiger partial charge in [0.2, 0.25) is 0 Å². The largest absolute Gasteiger partial charge is 0.352 e. The number of hydrogen-bond acceptors (Lipinski definition) is 2. The molecule has 1 aliphatic carbocycles. The van der Waals surface area contributed by atoms with Crippen LogP contribution < -0.4 is 5.32 Å². The number of amides is 1. The molecule has 1 aromatic heterocycles. The first-order valence-corrected chi connectivity index (χ1v) is 6.45. The zero-order valence-electron chi connectivity index (χ0n) is 9.95. The Morgan fingerprint density at radius 2 is 2.41 bits per heavy atom. The van der Waals surface area contributed by atoms with Gasteiger partial charge in [0.1, 0.15) is 5.15 Å². The number of hydrogen-bond donors (Lipinski definition) is 1. The first-order chi connectivity index (χ1) is 8.18. The fourth-order valence-electron chi connectivity index (χ4n) is 2.40. The van der Waals surface area contributed by atoms with Crippen LogP contribution in [-0.4, -0.2) is 17.4 Å².